The van der Waals surface area contributed by atoms with E-state index in [9.17, 15) is 14.3 Å². The van der Waals surface area contributed by atoms with Crippen LogP contribution in [-0.2, 0) is 16.0 Å². The highest BCUT2D eigenvalue weighted by Gasteiger charge is 2.50. The van der Waals surface area contributed by atoms with Crippen LogP contribution in [0.5, 0.6) is 5.75 Å². The van der Waals surface area contributed by atoms with Crippen LogP contribution >= 0.6 is 0 Å². The maximum absolute atomic E-state index is 14.0. The topological polar surface area (TPSA) is 59.0 Å². The summed E-state index contributed by atoms with van der Waals surface area (Å²) in [4.78, 5) is 14.4. The number of aliphatic hydroxyl groups is 1. The summed E-state index contributed by atoms with van der Waals surface area (Å²) in [6.45, 7) is 0.302. The van der Waals surface area contributed by atoms with Gasteiger partial charge in [-0.3, -0.25) is 9.69 Å². The van der Waals surface area contributed by atoms with Crippen LogP contribution in [0.25, 0.3) is 0 Å². The van der Waals surface area contributed by atoms with E-state index >= 15 is 0 Å². The number of halogens is 1. The minimum absolute atomic E-state index is 0.0388. The molecule has 1 heterocycles. The van der Waals surface area contributed by atoms with E-state index in [-0.39, 0.29) is 29.5 Å². The van der Waals surface area contributed by atoms with Gasteiger partial charge in [0.2, 0.25) is 12.3 Å². The van der Waals surface area contributed by atoms with Crippen LogP contribution < -0.4 is 4.74 Å². The minimum Gasteiger partial charge on any atom is -0.494 e. The molecular weight excluding hydrogens is 349 g/mol. The van der Waals surface area contributed by atoms with Crippen molar-refractivity contribution in [2.75, 3.05) is 13.7 Å². The van der Waals surface area contributed by atoms with E-state index in [1.807, 2.05) is 30.3 Å². The van der Waals surface area contributed by atoms with Crippen molar-refractivity contribution in [2.45, 2.75) is 31.2 Å². The van der Waals surface area contributed by atoms with Crippen LogP contribution in [0, 0.1) is 11.7 Å². The summed E-state index contributed by atoms with van der Waals surface area (Å²) in [5.74, 6) is -0.675. The molecule has 0 bridgehead atoms. The number of carbonyl (C=O) groups excluding carboxylic acids is 1. The molecule has 142 valence electrons. The van der Waals surface area contributed by atoms with Gasteiger partial charge in [-0.05, 0) is 42.0 Å². The normalized spacial score (nSPS) is 26.9. The first kappa shape index (κ1) is 17.9. The zero-order chi connectivity index (χ0) is 19.0. The van der Waals surface area contributed by atoms with Crippen LogP contribution in [0.2, 0.25) is 0 Å². The molecule has 4 rings (SSSR count). The van der Waals surface area contributed by atoms with Gasteiger partial charge in [0.05, 0.1) is 19.8 Å². The molecule has 0 aromatic heterocycles. The first-order chi connectivity index (χ1) is 13.1. The highest BCUT2D eigenvalue weighted by Crippen LogP contribution is 2.49. The lowest BCUT2D eigenvalue weighted by Crippen LogP contribution is -2.44. The van der Waals surface area contributed by atoms with Crippen LogP contribution in [0.1, 0.15) is 23.5 Å². The highest BCUT2D eigenvalue weighted by molar-refractivity contribution is 5.83. The Hall–Kier alpha value is -2.44. The lowest BCUT2D eigenvalue weighted by Gasteiger charge is -2.25. The van der Waals surface area contributed by atoms with E-state index in [0.29, 0.717) is 19.4 Å². The molecule has 1 aliphatic carbocycles. The number of aliphatic hydroxyl groups excluding tert-OH is 1. The molecule has 6 heteroatoms. The van der Waals surface area contributed by atoms with Crippen LogP contribution in [0.4, 0.5) is 4.39 Å². The maximum Gasteiger partial charge on any atom is 0.240 e. The number of amides is 1. The van der Waals surface area contributed by atoms with Crippen molar-refractivity contribution < 1.29 is 23.8 Å². The Morgan fingerprint density at radius 2 is 2.07 bits per heavy atom. The van der Waals surface area contributed by atoms with E-state index in [2.05, 4.69) is 0 Å². The van der Waals surface area contributed by atoms with Gasteiger partial charge in [-0.25, -0.2) is 4.39 Å². The number of rotatable bonds is 5. The predicted octanol–water partition coefficient (Wildman–Crippen LogP) is 2.68. The standard InChI is InChI=1S/C21H22FNO4/c1-26-19-8-7-14(10-18(19)22)16-11-17(16)20(24)23-15(12-27-21(23)25)9-13-5-3-2-4-6-13/h2-8,10,15-17,21,25H,9,11-12H2,1H3. The molecule has 1 N–H and O–H groups in total. The zero-order valence-corrected chi connectivity index (χ0v) is 15.0. The quantitative estimate of drug-likeness (QED) is 0.878. The molecule has 1 saturated carbocycles. The molecule has 1 amide bonds. The fraction of sp³-hybridized carbons (Fsp3) is 0.381. The van der Waals surface area contributed by atoms with E-state index < -0.39 is 12.2 Å². The third-order valence-electron chi connectivity index (χ3n) is 5.35. The summed E-state index contributed by atoms with van der Waals surface area (Å²) in [5.41, 5.74) is 1.86. The first-order valence-electron chi connectivity index (χ1n) is 9.07. The Morgan fingerprint density at radius 3 is 2.78 bits per heavy atom. The maximum atomic E-state index is 14.0. The second kappa shape index (κ2) is 7.29. The lowest BCUT2D eigenvalue weighted by molar-refractivity contribution is -0.166. The molecule has 2 aliphatic rings. The van der Waals surface area contributed by atoms with Crippen molar-refractivity contribution >= 4 is 5.91 Å². The van der Waals surface area contributed by atoms with Crippen molar-refractivity contribution in [3.63, 3.8) is 0 Å². The van der Waals surface area contributed by atoms with Crippen LogP contribution in [-0.4, -0.2) is 42.1 Å². The van der Waals surface area contributed by atoms with Gasteiger partial charge in [0.15, 0.2) is 11.6 Å². The van der Waals surface area contributed by atoms with E-state index in [0.717, 1.165) is 11.1 Å². The number of ether oxygens (including phenoxy) is 2. The molecule has 0 radical (unpaired) electrons. The van der Waals surface area contributed by atoms with Gasteiger partial charge in [0.25, 0.3) is 0 Å². The highest BCUT2D eigenvalue weighted by atomic mass is 19.1. The Bertz CT molecular complexity index is 828. The van der Waals surface area contributed by atoms with Crippen molar-refractivity contribution in [1.29, 1.82) is 0 Å². The fourth-order valence-electron chi connectivity index (χ4n) is 3.81. The predicted molar refractivity (Wildman–Crippen MR) is 96.5 cm³/mol. The van der Waals surface area contributed by atoms with Crippen molar-refractivity contribution in [2.24, 2.45) is 5.92 Å². The second-order valence-electron chi connectivity index (χ2n) is 7.09. The summed E-state index contributed by atoms with van der Waals surface area (Å²) < 4.78 is 24.2. The van der Waals surface area contributed by atoms with E-state index in [1.165, 1.54) is 18.1 Å². The third-order valence-corrected chi connectivity index (χ3v) is 5.35. The Kier molecular flexibility index (Phi) is 4.85. The van der Waals surface area contributed by atoms with E-state index in [4.69, 9.17) is 9.47 Å². The molecule has 0 spiro atoms. The molecule has 2 fully saturated rings. The van der Waals surface area contributed by atoms with E-state index in [1.54, 1.807) is 12.1 Å². The molecule has 4 atom stereocenters. The average Bonchev–Trinajstić information content (AvgIpc) is 3.40. The summed E-state index contributed by atoms with van der Waals surface area (Å²) >= 11 is 0. The zero-order valence-electron chi connectivity index (χ0n) is 15.0. The molecular formula is C21H22FNO4. The van der Waals surface area contributed by atoms with Gasteiger partial charge in [-0.2, -0.15) is 0 Å². The summed E-state index contributed by atoms with van der Waals surface area (Å²) in [7, 11) is 1.42. The van der Waals surface area contributed by atoms with Gasteiger partial charge in [0, 0.05) is 5.92 Å². The molecule has 1 saturated heterocycles. The SMILES string of the molecule is COc1ccc(C2CC2C(=O)N2C(Cc3ccccc3)COC2O)cc1F. The number of benzene rings is 2. The summed E-state index contributed by atoms with van der Waals surface area (Å²) in [5, 5.41) is 10.2. The van der Waals surface area contributed by atoms with Gasteiger partial charge in [-0.15, -0.1) is 0 Å². The molecule has 27 heavy (non-hydrogen) atoms. The molecule has 2 aromatic rings. The first-order valence-corrected chi connectivity index (χ1v) is 9.07. The smallest absolute Gasteiger partial charge is 0.240 e. The Morgan fingerprint density at radius 1 is 1.30 bits per heavy atom. The van der Waals surface area contributed by atoms with Crippen molar-refractivity contribution in [1.82, 2.24) is 4.90 Å². The Balaban J connectivity index is 1.46. The number of hydrogen-bond acceptors (Lipinski definition) is 4. The monoisotopic (exact) mass is 371 g/mol. The third kappa shape index (κ3) is 3.55. The molecule has 4 unspecified atom stereocenters. The number of methoxy groups -OCH3 is 1. The largest absolute Gasteiger partial charge is 0.494 e. The van der Waals surface area contributed by atoms with Crippen molar-refractivity contribution in [3.05, 3.63) is 65.5 Å². The minimum atomic E-state index is -1.22. The Labute approximate surface area is 157 Å². The van der Waals surface area contributed by atoms with Gasteiger partial charge < -0.3 is 14.6 Å². The number of hydrogen-bond donors (Lipinski definition) is 1. The lowest BCUT2D eigenvalue weighted by atomic mass is 10.0. The number of nitrogens with zero attached hydrogens (tertiary/aromatic N) is 1. The second-order valence-corrected chi connectivity index (χ2v) is 7.09. The molecule has 5 nitrogen and oxygen atoms in total. The van der Waals surface area contributed by atoms with Gasteiger partial charge in [-0.1, -0.05) is 36.4 Å². The number of carbonyl (C=O) groups is 1. The van der Waals surface area contributed by atoms with Gasteiger partial charge >= 0.3 is 0 Å². The summed E-state index contributed by atoms with van der Waals surface area (Å²) in [6.07, 6.45) is 0.0458. The molecule has 1 aliphatic heterocycles. The fourth-order valence-corrected chi connectivity index (χ4v) is 3.81. The average molecular weight is 371 g/mol. The van der Waals surface area contributed by atoms with Crippen LogP contribution in [0.15, 0.2) is 48.5 Å². The van der Waals surface area contributed by atoms with Crippen molar-refractivity contribution in [3.8, 4) is 5.75 Å². The molecule has 2 aromatic carbocycles. The summed E-state index contributed by atoms with van der Waals surface area (Å²) in [6, 6.07) is 14.4. The van der Waals surface area contributed by atoms with Gasteiger partial charge in [0.1, 0.15) is 0 Å². The van der Waals surface area contributed by atoms with Crippen LogP contribution in [0.3, 0.4) is 0 Å².